The van der Waals surface area contributed by atoms with Gasteiger partial charge in [-0.2, -0.15) is 0 Å². The Morgan fingerprint density at radius 2 is 1.85 bits per heavy atom. The normalized spacial score (nSPS) is 19.7. The van der Waals surface area contributed by atoms with Crippen LogP contribution in [-0.4, -0.2) is 49.6 Å². The second-order valence-corrected chi connectivity index (χ2v) is 9.97. The van der Waals surface area contributed by atoms with Crippen LogP contribution in [0.4, 0.5) is 0 Å². The predicted molar refractivity (Wildman–Crippen MR) is 103 cm³/mol. The summed E-state index contributed by atoms with van der Waals surface area (Å²) in [4.78, 5) is 15.5. The molecule has 2 aliphatic carbocycles. The van der Waals surface area contributed by atoms with Gasteiger partial charge in [0.2, 0.25) is 5.91 Å². The van der Waals surface area contributed by atoms with Crippen LogP contribution >= 0.6 is 11.6 Å². The number of amides is 1. The number of carbonyl (C=O) groups is 1. The van der Waals surface area contributed by atoms with Gasteiger partial charge in [0.1, 0.15) is 0 Å². The Labute approximate surface area is 161 Å². The van der Waals surface area contributed by atoms with Crippen molar-refractivity contribution < 1.29 is 13.2 Å². The van der Waals surface area contributed by atoms with Crippen LogP contribution in [0.5, 0.6) is 0 Å². The van der Waals surface area contributed by atoms with Crippen molar-refractivity contribution in [1.82, 2.24) is 10.2 Å². The van der Waals surface area contributed by atoms with Crippen molar-refractivity contribution in [2.24, 2.45) is 0 Å². The molecule has 5 nitrogen and oxygen atoms in total. The number of likely N-dealkylation sites (N-methyl/N-ethyl adjacent to an activating group) is 1. The average Bonchev–Trinajstić information content (AvgIpc) is 3.33. The van der Waals surface area contributed by atoms with Crippen LogP contribution in [0.3, 0.4) is 0 Å². The fraction of sp³-hybridized carbons (Fsp3) is 0.632. The molecule has 0 saturated heterocycles. The molecule has 7 heteroatoms. The molecular weight excluding hydrogens is 372 g/mol. The third kappa shape index (κ3) is 3.78. The standard InChI is InChI=1S/C19H27ClN2O3S/c1-2-22(16-7-8-16)14-13-21-18(23)19(11-3-4-12-19)26(24,25)17-9-5-15(20)6-10-17/h5-6,9-10,16H,2-4,7-8,11-14H2,1H3,(H,21,23). The van der Waals surface area contributed by atoms with E-state index in [1.54, 1.807) is 12.1 Å². The summed E-state index contributed by atoms with van der Waals surface area (Å²) in [5.41, 5.74) is 0. The fourth-order valence-corrected chi connectivity index (χ4v) is 6.13. The minimum atomic E-state index is -3.76. The third-order valence-electron chi connectivity index (χ3n) is 5.62. The number of nitrogens with one attached hydrogen (secondary N) is 1. The summed E-state index contributed by atoms with van der Waals surface area (Å²) in [7, 11) is -3.76. The van der Waals surface area contributed by atoms with E-state index in [0.717, 1.165) is 25.9 Å². The molecule has 0 heterocycles. The van der Waals surface area contributed by atoms with Gasteiger partial charge in [0.05, 0.1) is 4.90 Å². The van der Waals surface area contributed by atoms with Gasteiger partial charge < -0.3 is 5.32 Å². The van der Waals surface area contributed by atoms with Crippen molar-refractivity contribution in [3.05, 3.63) is 29.3 Å². The Balaban J connectivity index is 1.74. The quantitative estimate of drug-likeness (QED) is 0.730. The molecule has 1 amide bonds. The summed E-state index contributed by atoms with van der Waals surface area (Å²) in [6.45, 7) is 4.32. The Kier molecular flexibility index (Phi) is 5.94. The lowest BCUT2D eigenvalue weighted by Crippen LogP contribution is -2.52. The molecule has 0 aromatic heterocycles. The summed E-state index contributed by atoms with van der Waals surface area (Å²) in [5, 5.41) is 3.39. The zero-order chi connectivity index (χ0) is 18.8. The number of benzene rings is 1. The molecule has 0 spiro atoms. The van der Waals surface area contributed by atoms with E-state index in [-0.39, 0.29) is 10.8 Å². The molecule has 144 valence electrons. The van der Waals surface area contributed by atoms with Crippen LogP contribution in [0.1, 0.15) is 45.4 Å². The van der Waals surface area contributed by atoms with Crippen LogP contribution < -0.4 is 5.32 Å². The lowest BCUT2D eigenvalue weighted by Gasteiger charge is -2.28. The van der Waals surface area contributed by atoms with Gasteiger partial charge in [-0.25, -0.2) is 8.42 Å². The lowest BCUT2D eigenvalue weighted by atomic mass is 10.1. The van der Waals surface area contributed by atoms with Gasteiger partial charge in [0.15, 0.2) is 14.6 Å². The van der Waals surface area contributed by atoms with Gasteiger partial charge in [0, 0.05) is 24.2 Å². The molecule has 3 rings (SSSR count). The molecule has 0 atom stereocenters. The Morgan fingerprint density at radius 3 is 2.38 bits per heavy atom. The van der Waals surface area contributed by atoms with Crippen LogP contribution in [0.15, 0.2) is 29.2 Å². The highest BCUT2D eigenvalue weighted by Gasteiger charge is 2.52. The minimum absolute atomic E-state index is 0.173. The predicted octanol–water partition coefficient (Wildman–Crippen LogP) is 3.03. The smallest absolute Gasteiger partial charge is 0.241 e. The van der Waals surface area contributed by atoms with Crippen molar-refractivity contribution in [3.8, 4) is 0 Å². The SMILES string of the molecule is CCN(CCNC(=O)C1(S(=O)(=O)c2ccc(Cl)cc2)CCCC1)C1CC1. The maximum atomic E-state index is 13.3. The fourth-order valence-electron chi connectivity index (χ4n) is 3.92. The average molecular weight is 399 g/mol. The number of sulfone groups is 1. The van der Waals surface area contributed by atoms with E-state index < -0.39 is 14.6 Å². The van der Waals surface area contributed by atoms with E-state index in [4.69, 9.17) is 11.6 Å². The van der Waals surface area contributed by atoms with E-state index in [9.17, 15) is 13.2 Å². The second-order valence-electron chi connectivity index (χ2n) is 7.27. The molecule has 2 aliphatic rings. The molecule has 26 heavy (non-hydrogen) atoms. The Hall–Kier alpha value is -1.11. The molecule has 0 aliphatic heterocycles. The summed E-state index contributed by atoms with van der Waals surface area (Å²) < 4.78 is 25.2. The molecule has 1 N–H and O–H groups in total. The van der Waals surface area contributed by atoms with E-state index >= 15 is 0 Å². The largest absolute Gasteiger partial charge is 0.353 e. The van der Waals surface area contributed by atoms with E-state index in [0.29, 0.717) is 30.5 Å². The van der Waals surface area contributed by atoms with Crippen molar-refractivity contribution >= 4 is 27.3 Å². The molecular formula is C19H27ClN2O3S. The van der Waals surface area contributed by atoms with Gasteiger partial charge in [-0.15, -0.1) is 0 Å². The molecule has 2 fully saturated rings. The number of halogens is 1. The van der Waals surface area contributed by atoms with Gasteiger partial charge in [-0.1, -0.05) is 31.4 Å². The van der Waals surface area contributed by atoms with E-state index in [2.05, 4.69) is 17.1 Å². The van der Waals surface area contributed by atoms with Crippen LogP contribution in [0, 0.1) is 0 Å². The first-order chi connectivity index (χ1) is 12.4. The monoisotopic (exact) mass is 398 g/mol. The topological polar surface area (TPSA) is 66.5 Å². The van der Waals surface area contributed by atoms with Gasteiger partial charge in [-0.3, -0.25) is 9.69 Å². The van der Waals surface area contributed by atoms with Crippen LogP contribution in [0.25, 0.3) is 0 Å². The summed E-state index contributed by atoms with van der Waals surface area (Å²) in [6.07, 6.45) is 4.70. The number of hydrogen-bond acceptors (Lipinski definition) is 4. The Morgan fingerprint density at radius 1 is 1.23 bits per heavy atom. The maximum Gasteiger partial charge on any atom is 0.241 e. The van der Waals surface area contributed by atoms with Gasteiger partial charge >= 0.3 is 0 Å². The third-order valence-corrected chi connectivity index (χ3v) is 8.38. The number of rotatable bonds is 8. The minimum Gasteiger partial charge on any atom is -0.353 e. The molecule has 1 aromatic carbocycles. The lowest BCUT2D eigenvalue weighted by molar-refractivity contribution is -0.123. The first kappa shape index (κ1) is 19.6. The Bertz CT molecular complexity index is 739. The van der Waals surface area contributed by atoms with E-state index in [1.807, 2.05) is 0 Å². The summed E-state index contributed by atoms with van der Waals surface area (Å²) in [6, 6.07) is 6.75. The van der Waals surface area contributed by atoms with Crippen molar-refractivity contribution in [2.45, 2.75) is 61.1 Å². The van der Waals surface area contributed by atoms with Crippen LogP contribution in [-0.2, 0) is 14.6 Å². The highest BCUT2D eigenvalue weighted by atomic mass is 35.5. The zero-order valence-electron chi connectivity index (χ0n) is 15.2. The van der Waals surface area contributed by atoms with E-state index in [1.165, 1.54) is 25.0 Å². The molecule has 2 saturated carbocycles. The molecule has 0 unspecified atom stereocenters. The van der Waals surface area contributed by atoms with Crippen molar-refractivity contribution in [1.29, 1.82) is 0 Å². The first-order valence-corrected chi connectivity index (χ1v) is 11.3. The second kappa shape index (κ2) is 7.87. The number of nitrogens with zero attached hydrogens (tertiary/aromatic N) is 1. The van der Waals surface area contributed by atoms with Crippen molar-refractivity contribution in [3.63, 3.8) is 0 Å². The molecule has 1 aromatic rings. The summed E-state index contributed by atoms with van der Waals surface area (Å²) in [5.74, 6) is -0.350. The number of carbonyl (C=O) groups excluding carboxylic acids is 1. The van der Waals surface area contributed by atoms with Gasteiger partial charge in [-0.05, 0) is 56.5 Å². The number of hydrogen-bond donors (Lipinski definition) is 1. The maximum absolute atomic E-state index is 13.3. The van der Waals surface area contributed by atoms with Crippen LogP contribution in [0.2, 0.25) is 5.02 Å². The molecule has 0 radical (unpaired) electrons. The first-order valence-electron chi connectivity index (χ1n) is 9.43. The highest BCUT2D eigenvalue weighted by molar-refractivity contribution is 7.93. The molecule has 0 bridgehead atoms. The zero-order valence-corrected chi connectivity index (χ0v) is 16.8. The van der Waals surface area contributed by atoms with Gasteiger partial charge in [0.25, 0.3) is 0 Å². The highest BCUT2D eigenvalue weighted by Crippen LogP contribution is 2.41. The van der Waals surface area contributed by atoms with Crippen molar-refractivity contribution in [2.75, 3.05) is 19.6 Å². The summed E-state index contributed by atoms with van der Waals surface area (Å²) >= 11 is 5.88.